The minimum atomic E-state index is -3.22. The predicted molar refractivity (Wildman–Crippen MR) is 110 cm³/mol. The summed E-state index contributed by atoms with van der Waals surface area (Å²) in [5.74, 6) is 4.18. The molecular formula is C21H28N4O4S. The van der Waals surface area contributed by atoms with Gasteiger partial charge in [0.25, 0.3) is 0 Å². The van der Waals surface area contributed by atoms with Crippen LogP contribution in [0.25, 0.3) is 0 Å². The van der Waals surface area contributed by atoms with Gasteiger partial charge in [0.2, 0.25) is 5.88 Å². The Balaban J connectivity index is 1.03. The maximum atomic E-state index is 11.5. The number of aromatic nitrogens is 3. The predicted octanol–water partition coefficient (Wildman–Crippen LogP) is 3.07. The molecule has 162 valence electrons. The second-order valence-electron chi connectivity index (χ2n) is 8.93. The van der Waals surface area contributed by atoms with Gasteiger partial charge in [-0.05, 0) is 62.3 Å². The molecule has 3 aliphatic rings. The molecule has 0 amide bonds. The summed E-state index contributed by atoms with van der Waals surface area (Å²) in [7, 11) is -3.22. The SMILES string of the molecule is CS(=O)(=O)c1ccc(OCCC2CC2C2CCN(c3nc(C4CC4)no3)CC2)nc1. The Labute approximate surface area is 176 Å². The fraction of sp³-hybridized carbons (Fsp3) is 0.667. The van der Waals surface area contributed by atoms with Crippen LogP contribution in [0, 0.1) is 17.8 Å². The standard InChI is InChI=1S/C21H28N4O4S/c1-30(26,27)17-4-5-19(22-13-17)28-11-8-16-12-18(16)14-6-9-25(10-7-14)21-23-20(24-29-21)15-2-3-15/h4-5,13-16,18H,2-3,6-12H2,1H3. The molecule has 2 aromatic heterocycles. The van der Waals surface area contributed by atoms with Crippen molar-refractivity contribution in [3.63, 3.8) is 0 Å². The summed E-state index contributed by atoms with van der Waals surface area (Å²) in [5, 5.41) is 4.13. The number of ether oxygens (including phenoxy) is 1. The zero-order chi connectivity index (χ0) is 20.7. The molecule has 0 bridgehead atoms. The van der Waals surface area contributed by atoms with E-state index in [9.17, 15) is 8.42 Å². The van der Waals surface area contributed by atoms with Gasteiger partial charge in [0.15, 0.2) is 15.7 Å². The fourth-order valence-electron chi connectivity index (χ4n) is 4.55. The Morgan fingerprint density at radius 3 is 2.67 bits per heavy atom. The van der Waals surface area contributed by atoms with Gasteiger partial charge in [-0.25, -0.2) is 13.4 Å². The number of pyridine rings is 1. The molecule has 2 aliphatic carbocycles. The second-order valence-corrected chi connectivity index (χ2v) is 11.0. The highest BCUT2D eigenvalue weighted by atomic mass is 32.2. The summed E-state index contributed by atoms with van der Waals surface area (Å²) >= 11 is 0. The Kier molecular flexibility index (Phi) is 5.16. The summed E-state index contributed by atoms with van der Waals surface area (Å²) in [4.78, 5) is 11.1. The molecule has 2 aromatic rings. The summed E-state index contributed by atoms with van der Waals surface area (Å²) in [6.07, 6.45) is 9.57. The van der Waals surface area contributed by atoms with Crippen LogP contribution in [0.4, 0.5) is 6.01 Å². The Bertz CT molecular complexity index is 979. The number of hydrogen-bond donors (Lipinski definition) is 0. The van der Waals surface area contributed by atoms with E-state index in [1.54, 1.807) is 12.1 Å². The van der Waals surface area contributed by atoms with Crippen molar-refractivity contribution in [3.05, 3.63) is 24.2 Å². The normalized spacial score (nSPS) is 24.8. The van der Waals surface area contributed by atoms with E-state index < -0.39 is 9.84 Å². The lowest BCUT2D eigenvalue weighted by molar-refractivity contribution is 0.274. The van der Waals surface area contributed by atoms with Gasteiger partial charge in [-0.2, -0.15) is 4.98 Å². The number of sulfone groups is 1. The third kappa shape index (κ3) is 4.45. The molecule has 1 saturated heterocycles. The lowest BCUT2D eigenvalue weighted by Gasteiger charge is -2.30. The maximum Gasteiger partial charge on any atom is 0.324 e. The van der Waals surface area contributed by atoms with E-state index in [-0.39, 0.29) is 4.90 Å². The quantitative estimate of drug-likeness (QED) is 0.628. The monoisotopic (exact) mass is 432 g/mol. The molecule has 9 heteroatoms. The number of hydrogen-bond acceptors (Lipinski definition) is 8. The molecule has 0 N–H and O–H groups in total. The van der Waals surface area contributed by atoms with Crippen molar-refractivity contribution >= 4 is 15.9 Å². The lowest BCUT2D eigenvalue weighted by atomic mass is 9.91. The average Bonchev–Trinajstić information content (AvgIpc) is 3.67. The van der Waals surface area contributed by atoms with Crippen LogP contribution >= 0.6 is 0 Å². The molecule has 3 fully saturated rings. The number of nitrogens with zero attached hydrogens (tertiary/aromatic N) is 4. The molecule has 8 nitrogen and oxygen atoms in total. The van der Waals surface area contributed by atoms with Gasteiger partial charge in [-0.15, -0.1) is 0 Å². The van der Waals surface area contributed by atoms with Gasteiger partial charge in [-0.1, -0.05) is 5.16 Å². The molecule has 2 saturated carbocycles. The van der Waals surface area contributed by atoms with Gasteiger partial charge >= 0.3 is 6.01 Å². The number of anilines is 1. The molecule has 3 heterocycles. The van der Waals surface area contributed by atoms with Crippen molar-refractivity contribution in [2.45, 2.75) is 49.3 Å². The highest BCUT2D eigenvalue weighted by molar-refractivity contribution is 7.90. The van der Waals surface area contributed by atoms with E-state index in [1.165, 1.54) is 44.6 Å². The van der Waals surface area contributed by atoms with E-state index >= 15 is 0 Å². The van der Waals surface area contributed by atoms with Gasteiger partial charge in [0.1, 0.15) is 0 Å². The van der Waals surface area contributed by atoms with Gasteiger partial charge in [0.05, 0.1) is 11.5 Å². The smallest absolute Gasteiger partial charge is 0.324 e. The van der Waals surface area contributed by atoms with Gasteiger partial charge < -0.3 is 14.2 Å². The molecule has 30 heavy (non-hydrogen) atoms. The van der Waals surface area contributed by atoms with E-state index in [1.807, 2.05) is 0 Å². The lowest BCUT2D eigenvalue weighted by Crippen LogP contribution is -2.34. The van der Waals surface area contributed by atoms with Crippen LogP contribution in [-0.2, 0) is 9.84 Å². The van der Waals surface area contributed by atoms with Gasteiger partial charge in [0, 0.05) is 37.5 Å². The molecule has 0 spiro atoms. The summed E-state index contributed by atoms with van der Waals surface area (Å²) < 4.78 is 34.1. The highest BCUT2D eigenvalue weighted by Gasteiger charge is 2.43. The van der Waals surface area contributed by atoms with Crippen LogP contribution in [0.15, 0.2) is 27.7 Å². The highest BCUT2D eigenvalue weighted by Crippen LogP contribution is 2.50. The van der Waals surface area contributed by atoms with E-state index in [0.717, 1.165) is 43.1 Å². The molecule has 2 atom stereocenters. The molecule has 1 aliphatic heterocycles. The first-order chi connectivity index (χ1) is 14.5. The summed E-state index contributed by atoms with van der Waals surface area (Å²) in [6, 6.07) is 3.87. The number of piperidine rings is 1. The molecular weight excluding hydrogens is 404 g/mol. The third-order valence-corrected chi connectivity index (χ3v) is 7.74. The fourth-order valence-corrected chi connectivity index (χ4v) is 5.11. The third-order valence-electron chi connectivity index (χ3n) is 6.64. The summed E-state index contributed by atoms with van der Waals surface area (Å²) in [5.41, 5.74) is 0. The van der Waals surface area contributed by atoms with Crippen molar-refractivity contribution in [1.29, 1.82) is 0 Å². The van der Waals surface area contributed by atoms with Crippen molar-refractivity contribution < 1.29 is 17.7 Å². The van der Waals surface area contributed by atoms with Crippen LogP contribution in [0.1, 0.15) is 50.3 Å². The molecule has 5 rings (SSSR count). The second kappa shape index (κ2) is 7.83. The molecule has 0 radical (unpaired) electrons. The Hall–Kier alpha value is -2.16. The maximum absolute atomic E-state index is 11.5. The Morgan fingerprint density at radius 2 is 2.00 bits per heavy atom. The first-order valence-electron chi connectivity index (χ1n) is 10.8. The zero-order valence-electron chi connectivity index (χ0n) is 17.2. The minimum Gasteiger partial charge on any atom is -0.478 e. The summed E-state index contributed by atoms with van der Waals surface area (Å²) in [6.45, 7) is 2.61. The van der Waals surface area contributed by atoms with Crippen LogP contribution in [0.5, 0.6) is 5.88 Å². The van der Waals surface area contributed by atoms with Crippen molar-refractivity contribution in [2.75, 3.05) is 30.9 Å². The average molecular weight is 433 g/mol. The first-order valence-corrected chi connectivity index (χ1v) is 12.7. The van der Waals surface area contributed by atoms with Crippen LogP contribution in [-0.4, -0.2) is 49.5 Å². The molecule has 2 unspecified atom stereocenters. The molecule has 0 aromatic carbocycles. The van der Waals surface area contributed by atoms with Crippen LogP contribution in [0.3, 0.4) is 0 Å². The minimum absolute atomic E-state index is 0.216. The Morgan fingerprint density at radius 1 is 1.20 bits per heavy atom. The van der Waals surface area contributed by atoms with E-state index in [2.05, 4.69) is 20.0 Å². The van der Waals surface area contributed by atoms with Crippen LogP contribution in [0.2, 0.25) is 0 Å². The van der Waals surface area contributed by atoms with Crippen molar-refractivity contribution in [1.82, 2.24) is 15.1 Å². The zero-order valence-corrected chi connectivity index (χ0v) is 18.1. The van der Waals surface area contributed by atoms with Crippen LogP contribution < -0.4 is 9.64 Å². The largest absolute Gasteiger partial charge is 0.478 e. The number of rotatable bonds is 8. The van der Waals surface area contributed by atoms with E-state index in [0.29, 0.717) is 24.4 Å². The van der Waals surface area contributed by atoms with Crippen molar-refractivity contribution in [3.8, 4) is 5.88 Å². The van der Waals surface area contributed by atoms with E-state index in [4.69, 9.17) is 9.26 Å². The topological polar surface area (TPSA) is 98.4 Å². The van der Waals surface area contributed by atoms with Gasteiger partial charge in [-0.3, -0.25) is 0 Å². The first kappa shape index (κ1) is 19.8. The van der Waals surface area contributed by atoms with Crippen molar-refractivity contribution in [2.24, 2.45) is 17.8 Å².